The Bertz CT molecular complexity index is 529. The zero-order chi connectivity index (χ0) is 13.7. The van der Waals surface area contributed by atoms with Gasteiger partial charge in [-0.3, -0.25) is 4.98 Å². The summed E-state index contributed by atoms with van der Waals surface area (Å²) in [6.45, 7) is 0.896. The van der Waals surface area contributed by atoms with E-state index in [0.29, 0.717) is 5.88 Å². The van der Waals surface area contributed by atoms with E-state index in [-0.39, 0.29) is 0 Å². The molecule has 1 aromatic carbocycles. The van der Waals surface area contributed by atoms with Crippen molar-refractivity contribution in [3.63, 3.8) is 0 Å². The summed E-state index contributed by atoms with van der Waals surface area (Å²) < 4.78 is 0. The standard InChI is InChI=1S/C15H16Cl2N2/c1-19(9-7-13-4-2-3-8-18-13)14-6-5-12(11-16)15(17)10-14/h2-6,8,10H,7,9,11H2,1H3. The second-order valence-electron chi connectivity index (χ2n) is 4.40. The summed E-state index contributed by atoms with van der Waals surface area (Å²) in [7, 11) is 2.05. The van der Waals surface area contributed by atoms with Gasteiger partial charge >= 0.3 is 0 Å². The normalized spacial score (nSPS) is 10.5. The van der Waals surface area contributed by atoms with Crippen LogP contribution in [0.5, 0.6) is 0 Å². The minimum absolute atomic E-state index is 0.441. The van der Waals surface area contributed by atoms with Gasteiger partial charge in [0.05, 0.1) is 0 Å². The smallest absolute Gasteiger partial charge is 0.0488 e. The number of benzene rings is 1. The molecule has 2 aromatic rings. The van der Waals surface area contributed by atoms with Crippen molar-refractivity contribution < 1.29 is 0 Å². The van der Waals surface area contributed by atoms with Gasteiger partial charge in [0.1, 0.15) is 0 Å². The summed E-state index contributed by atoms with van der Waals surface area (Å²) in [6, 6.07) is 11.9. The molecule has 0 atom stereocenters. The first-order valence-electron chi connectivity index (χ1n) is 6.16. The van der Waals surface area contributed by atoms with Gasteiger partial charge in [-0.2, -0.15) is 0 Å². The monoisotopic (exact) mass is 294 g/mol. The molecule has 0 bridgehead atoms. The Hall–Kier alpha value is -1.25. The zero-order valence-electron chi connectivity index (χ0n) is 10.8. The lowest BCUT2D eigenvalue weighted by Crippen LogP contribution is -2.20. The summed E-state index contributed by atoms with van der Waals surface area (Å²) in [5.74, 6) is 0.441. The van der Waals surface area contributed by atoms with Crippen LogP contribution in [-0.4, -0.2) is 18.6 Å². The van der Waals surface area contributed by atoms with Crippen LogP contribution in [0.25, 0.3) is 0 Å². The zero-order valence-corrected chi connectivity index (χ0v) is 12.3. The highest BCUT2D eigenvalue weighted by Gasteiger charge is 2.05. The maximum Gasteiger partial charge on any atom is 0.0488 e. The van der Waals surface area contributed by atoms with Crippen molar-refractivity contribution in [1.29, 1.82) is 0 Å². The van der Waals surface area contributed by atoms with Crippen LogP contribution in [0.1, 0.15) is 11.3 Å². The highest BCUT2D eigenvalue weighted by molar-refractivity contribution is 6.32. The number of nitrogens with zero attached hydrogens (tertiary/aromatic N) is 2. The minimum atomic E-state index is 0.441. The molecule has 1 aromatic heterocycles. The number of hydrogen-bond acceptors (Lipinski definition) is 2. The average molecular weight is 295 g/mol. The van der Waals surface area contributed by atoms with Gasteiger partial charge in [0.2, 0.25) is 0 Å². The molecular formula is C15H16Cl2N2. The van der Waals surface area contributed by atoms with Crippen LogP contribution < -0.4 is 4.90 Å². The van der Waals surface area contributed by atoms with Gasteiger partial charge in [-0.05, 0) is 29.8 Å². The molecule has 1 heterocycles. The fraction of sp³-hybridized carbons (Fsp3) is 0.267. The summed E-state index contributed by atoms with van der Waals surface area (Å²) in [5.41, 5.74) is 3.15. The van der Waals surface area contributed by atoms with E-state index in [1.807, 2.05) is 42.6 Å². The number of halogens is 2. The molecule has 100 valence electrons. The van der Waals surface area contributed by atoms with E-state index < -0.39 is 0 Å². The molecule has 2 rings (SSSR count). The summed E-state index contributed by atoms with van der Waals surface area (Å²) in [6.07, 6.45) is 2.73. The fourth-order valence-corrected chi connectivity index (χ4v) is 2.38. The Morgan fingerprint density at radius 3 is 2.68 bits per heavy atom. The molecule has 19 heavy (non-hydrogen) atoms. The maximum absolute atomic E-state index is 6.17. The predicted molar refractivity (Wildman–Crippen MR) is 82.2 cm³/mol. The molecule has 2 nitrogen and oxygen atoms in total. The Morgan fingerprint density at radius 1 is 1.21 bits per heavy atom. The van der Waals surface area contributed by atoms with E-state index in [0.717, 1.165) is 34.9 Å². The lowest BCUT2D eigenvalue weighted by molar-refractivity contribution is 0.852. The number of pyridine rings is 1. The Labute approximate surface area is 124 Å². The van der Waals surface area contributed by atoms with Crippen molar-refractivity contribution >= 4 is 28.9 Å². The molecule has 0 aliphatic carbocycles. The number of rotatable bonds is 5. The van der Waals surface area contributed by atoms with E-state index >= 15 is 0 Å². The van der Waals surface area contributed by atoms with Crippen LogP contribution in [0.15, 0.2) is 42.6 Å². The van der Waals surface area contributed by atoms with Crippen molar-refractivity contribution in [1.82, 2.24) is 4.98 Å². The average Bonchev–Trinajstić information content (AvgIpc) is 2.45. The van der Waals surface area contributed by atoms with Crippen LogP contribution in [0.4, 0.5) is 5.69 Å². The SMILES string of the molecule is CN(CCc1ccccn1)c1ccc(CCl)c(Cl)c1. The van der Waals surface area contributed by atoms with Gasteiger partial charge in [0.25, 0.3) is 0 Å². The fourth-order valence-electron chi connectivity index (χ4n) is 1.84. The van der Waals surface area contributed by atoms with Gasteiger partial charge in [-0.1, -0.05) is 23.7 Å². The van der Waals surface area contributed by atoms with Crippen LogP contribution in [0.3, 0.4) is 0 Å². The Morgan fingerprint density at radius 2 is 2.05 bits per heavy atom. The van der Waals surface area contributed by atoms with Crippen LogP contribution in [0.2, 0.25) is 5.02 Å². The highest BCUT2D eigenvalue weighted by Crippen LogP contribution is 2.24. The summed E-state index contributed by atoms with van der Waals surface area (Å²) in [5, 5.41) is 0.720. The first-order chi connectivity index (χ1) is 9.20. The lowest BCUT2D eigenvalue weighted by atomic mass is 10.2. The Balaban J connectivity index is 2.00. The van der Waals surface area contributed by atoms with Crippen molar-refractivity contribution in [2.75, 3.05) is 18.5 Å². The molecular weight excluding hydrogens is 279 g/mol. The Kier molecular flexibility index (Phi) is 5.06. The summed E-state index contributed by atoms with van der Waals surface area (Å²) >= 11 is 12.0. The largest absolute Gasteiger partial charge is 0.374 e. The summed E-state index contributed by atoms with van der Waals surface area (Å²) in [4.78, 5) is 6.48. The van der Waals surface area contributed by atoms with Gasteiger partial charge in [-0.15, -0.1) is 11.6 Å². The molecule has 0 spiro atoms. The third-order valence-electron chi connectivity index (χ3n) is 3.05. The van der Waals surface area contributed by atoms with E-state index in [9.17, 15) is 0 Å². The third kappa shape index (κ3) is 3.85. The second kappa shape index (κ2) is 6.78. The van der Waals surface area contributed by atoms with Gasteiger partial charge in [0, 0.05) is 48.5 Å². The molecule has 0 amide bonds. The number of hydrogen-bond donors (Lipinski definition) is 0. The van der Waals surface area contributed by atoms with E-state index in [1.165, 1.54) is 0 Å². The molecule has 0 unspecified atom stereocenters. The van der Waals surface area contributed by atoms with Crippen LogP contribution in [0, 0.1) is 0 Å². The molecule has 0 saturated carbocycles. The number of aromatic nitrogens is 1. The predicted octanol–water partition coefficient (Wildman–Crippen LogP) is 4.15. The second-order valence-corrected chi connectivity index (χ2v) is 5.08. The maximum atomic E-state index is 6.17. The quantitative estimate of drug-likeness (QED) is 0.770. The van der Waals surface area contributed by atoms with Gasteiger partial charge < -0.3 is 4.90 Å². The number of anilines is 1. The molecule has 0 fully saturated rings. The minimum Gasteiger partial charge on any atom is -0.374 e. The van der Waals surface area contributed by atoms with E-state index in [2.05, 4.69) is 16.9 Å². The molecule has 4 heteroatoms. The van der Waals surface area contributed by atoms with Gasteiger partial charge in [-0.25, -0.2) is 0 Å². The van der Waals surface area contributed by atoms with Gasteiger partial charge in [0.15, 0.2) is 0 Å². The first kappa shape index (κ1) is 14.2. The van der Waals surface area contributed by atoms with E-state index in [1.54, 1.807) is 0 Å². The molecule has 0 aliphatic rings. The number of alkyl halides is 1. The molecule has 0 N–H and O–H groups in total. The van der Waals surface area contributed by atoms with Crippen molar-refractivity contribution in [3.8, 4) is 0 Å². The first-order valence-corrected chi connectivity index (χ1v) is 7.07. The van der Waals surface area contributed by atoms with Crippen LogP contribution in [-0.2, 0) is 12.3 Å². The van der Waals surface area contributed by atoms with Crippen LogP contribution >= 0.6 is 23.2 Å². The molecule has 0 radical (unpaired) electrons. The molecule has 0 saturated heterocycles. The van der Waals surface area contributed by atoms with Crippen molar-refractivity contribution in [2.24, 2.45) is 0 Å². The van der Waals surface area contributed by atoms with Crippen molar-refractivity contribution in [3.05, 3.63) is 58.9 Å². The number of likely N-dealkylation sites (N-methyl/N-ethyl adjacent to an activating group) is 1. The van der Waals surface area contributed by atoms with E-state index in [4.69, 9.17) is 23.2 Å². The third-order valence-corrected chi connectivity index (χ3v) is 3.69. The highest BCUT2D eigenvalue weighted by atomic mass is 35.5. The lowest BCUT2D eigenvalue weighted by Gasteiger charge is -2.20. The topological polar surface area (TPSA) is 16.1 Å². The molecule has 0 aliphatic heterocycles. The van der Waals surface area contributed by atoms with Crippen molar-refractivity contribution in [2.45, 2.75) is 12.3 Å².